The summed E-state index contributed by atoms with van der Waals surface area (Å²) in [5.41, 5.74) is 1.34. The van der Waals surface area contributed by atoms with Gasteiger partial charge in [-0.15, -0.1) is 0 Å². The smallest absolute Gasteiger partial charge is 0.320 e. The first-order valence-electron chi connectivity index (χ1n) is 9.85. The zero-order valence-corrected chi connectivity index (χ0v) is 16.2. The van der Waals surface area contributed by atoms with Gasteiger partial charge in [-0.25, -0.2) is 4.79 Å². The van der Waals surface area contributed by atoms with Crippen molar-refractivity contribution < 1.29 is 14.3 Å². The van der Waals surface area contributed by atoms with Crippen LogP contribution < -0.4 is 0 Å². The summed E-state index contributed by atoms with van der Waals surface area (Å²) in [5.74, 6) is 0.0460. The third-order valence-corrected chi connectivity index (χ3v) is 6.35. The Kier molecular flexibility index (Phi) is 4.80. The van der Waals surface area contributed by atoms with E-state index in [9.17, 15) is 9.59 Å². The highest BCUT2D eigenvalue weighted by Crippen LogP contribution is 2.38. The molecule has 0 aliphatic carbocycles. The van der Waals surface area contributed by atoms with E-state index < -0.39 is 0 Å². The topological polar surface area (TPSA) is 66.0 Å². The van der Waals surface area contributed by atoms with E-state index in [-0.39, 0.29) is 23.5 Å². The van der Waals surface area contributed by atoms with Crippen LogP contribution in [0.5, 0.6) is 0 Å². The number of likely N-dealkylation sites (N-methyl/N-ethyl adjacent to an activating group) is 1. The van der Waals surface area contributed by atoms with Crippen molar-refractivity contribution in [2.45, 2.75) is 44.2 Å². The monoisotopic (exact) mass is 372 g/mol. The predicted octanol–water partition coefficient (Wildman–Crippen LogP) is 1.91. The molecule has 7 nitrogen and oxygen atoms in total. The van der Waals surface area contributed by atoms with Gasteiger partial charge in [0.15, 0.2) is 0 Å². The summed E-state index contributed by atoms with van der Waals surface area (Å²) in [6.07, 6.45) is 5.16. The van der Waals surface area contributed by atoms with Crippen molar-refractivity contribution in [3.05, 3.63) is 29.6 Å². The number of nitrogens with zero attached hydrogens (tertiary/aromatic N) is 4. The molecule has 4 heterocycles. The van der Waals surface area contributed by atoms with Gasteiger partial charge in [0, 0.05) is 57.8 Å². The van der Waals surface area contributed by atoms with E-state index in [4.69, 9.17) is 4.74 Å². The molecule has 0 atom stereocenters. The minimum atomic E-state index is -0.0964. The van der Waals surface area contributed by atoms with E-state index in [2.05, 4.69) is 9.88 Å². The van der Waals surface area contributed by atoms with Gasteiger partial charge >= 0.3 is 6.03 Å². The van der Waals surface area contributed by atoms with Gasteiger partial charge in [-0.1, -0.05) is 0 Å². The highest BCUT2D eigenvalue weighted by molar-refractivity contribution is 5.95. The molecule has 3 amide bonds. The summed E-state index contributed by atoms with van der Waals surface area (Å²) in [4.78, 5) is 35.8. The molecular weight excluding hydrogens is 344 g/mol. The zero-order chi connectivity index (χ0) is 19.0. The maximum absolute atomic E-state index is 12.9. The quantitative estimate of drug-likeness (QED) is 0.795. The molecule has 0 unspecified atom stereocenters. The molecule has 146 valence electrons. The maximum atomic E-state index is 12.9. The number of carbonyl (C=O) groups excluding carboxylic acids is 2. The Hall–Kier alpha value is -2.15. The van der Waals surface area contributed by atoms with E-state index in [0.717, 1.165) is 51.1 Å². The predicted molar refractivity (Wildman–Crippen MR) is 101 cm³/mol. The molecule has 0 aromatic carbocycles. The van der Waals surface area contributed by atoms with Crippen LogP contribution in [0.2, 0.25) is 0 Å². The summed E-state index contributed by atoms with van der Waals surface area (Å²) in [6.45, 7) is 5.44. The van der Waals surface area contributed by atoms with Crippen LogP contribution in [0.15, 0.2) is 18.3 Å². The largest absolute Gasteiger partial charge is 0.381 e. The molecule has 1 aromatic rings. The van der Waals surface area contributed by atoms with Gasteiger partial charge in [-0.3, -0.25) is 9.78 Å². The number of urea groups is 1. The van der Waals surface area contributed by atoms with Crippen LogP contribution in [-0.4, -0.2) is 83.1 Å². The molecule has 0 N–H and O–H groups in total. The van der Waals surface area contributed by atoms with Crippen LogP contribution in [0.4, 0.5) is 4.79 Å². The van der Waals surface area contributed by atoms with Crippen LogP contribution in [0.3, 0.4) is 0 Å². The van der Waals surface area contributed by atoms with E-state index in [1.807, 2.05) is 29.8 Å². The number of amides is 3. The molecule has 3 aliphatic rings. The fourth-order valence-electron chi connectivity index (χ4n) is 4.87. The van der Waals surface area contributed by atoms with Crippen LogP contribution in [0.25, 0.3) is 0 Å². The molecule has 3 aliphatic heterocycles. The number of likely N-dealkylation sites (tertiary alicyclic amines) is 1. The molecule has 1 spiro atoms. The Labute approximate surface area is 160 Å². The number of hydrogen-bond donors (Lipinski definition) is 0. The van der Waals surface area contributed by atoms with Crippen molar-refractivity contribution >= 4 is 11.9 Å². The number of rotatable bonds is 2. The summed E-state index contributed by atoms with van der Waals surface area (Å²) in [7, 11) is 1.89. The average molecular weight is 372 g/mol. The number of aryl methyl sites for hydroxylation is 1. The first-order valence-corrected chi connectivity index (χ1v) is 9.85. The molecule has 0 bridgehead atoms. The normalized spacial score (nSPS) is 23.3. The first-order chi connectivity index (χ1) is 13.0. The third-order valence-electron chi connectivity index (χ3n) is 6.35. The number of aromatic nitrogens is 1. The molecule has 27 heavy (non-hydrogen) atoms. The highest BCUT2D eigenvalue weighted by Gasteiger charge is 2.52. The van der Waals surface area contributed by atoms with Gasteiger partial charge in [0.1, 0.15) is 0 Å². The maximum Gasteiger partial charge on any atom is 0.320 e. The van der Waals surface area contributed by atoms with E-state index in [1.165, 1.54) is 0 Å². The second-order valence-electron chi connectivity index (χ2n) is 8.01. The van der Waals surface area contributed by atoms with E-state index >= 15 is 0 Å². The van der Waals surface area contributed by atoms with Gasteiger partial charge in [0.2, 0.25) is 0 Å². The van der Waals surface area contributed by atoms with Crippen LogP contribution in [-0.2, 0) is 4.74 Å². The standard InChI is InChI=1S/C20H28N4O3/c1-15-17(4-3-9-21-15)18(25)23-10-5-16(6-11-23)24-19(26)22(2)14-20(24)7-12-27-13-8-20/h3-4,9,16H,5-8,10-14H2,1-2H3. The van der Waals surface area contributed by atoms with Gasteiger partial charge in [-0.05, 0) is 44.7 Å². The fraction of sp³-hybridized carbons (Fsp3) is 0.650. The van der Waals surface area contributed by atoms with Crippen molar-refractivity contribution in [2.75, 3.05) is 39.9 Å². The average Bonchev–Trinajstić information content (AvgIpc) is 2.92. The van der Waals surface area contributed by atoms with Crippen molar-refractivity contribution in [3.63, 3.8) is 0 Å². The van der Waals surface area contributed by atoms with Gasteiger partial charge in [0.05, 0.1) is 11.1 Å². The van der Waals surface area contributed by atoms with Crippen LogP contribution in [0, 0.1) is 6.92 Å². The third kappa shape index (κ3) is 3.18. The number of ether oxygens (including phenoxy) is 1. The molecule has 1 aromatic heterocycles. The second-order valence-corrected chi connectivity index (χ2v) is 8.01. The number of carbonyl (C=O) groups is 2. The summed E-state index contributed by atoms with van der Waals surface area (Å²) in [6, 6.07) is 3.97. The minimum absolute atomic E-state index is 0.0460. The van der Waals surface area contributed by atoms with E-state index in [0.29, 0.717) is 18.7 Å². The second kappa shape index (κ2) is 7.11. The molecular formula is C20H28N4O3. The first kappa shape index (κ1) is 18.2. The van der Waals surface area contributed by atoms with Crippen molar-refractivity contribution in [1.29, 1.82) is 0 Å². The van der Waals surface area contributed by atoms with E-state index in [1.54, 1.807) is 12.3 Å². The lowest BCUT2D eigenvalue weighted by molar-refractivity contribution is -0.0151. The Morgan fingerprint density at radius 3 is 2.63 bits per heavy atom. The Balaban J connectivity index is 1.46. The summed E-state index contributed by atoms with van der Waals surface area (Å²) >= 11 is 0. The lowest BCUT2D eigenvalue weighted by atomic mass is 9.86. The van der Waals surface area contributed by atoms with Crippen LogP contribution in [0.1, 0.15) is 41.7 Å². The van der Waals surface area contributed by atoms with Gasteiger partial charge < -0.3 is 19.4 Å². The molecule has 4 rings (SSSR count). The Morgan fingerprint density at radius 1 is 1.26 bits per heavy atom. The highest BCUT2D eigenvalue weighted by atomic mass is 16.5. The number of piperidine rings is 1. The molecule has 3 saturated heterocycles. The van der Waals surface area contributed by atoms with Crippen LogP contribution >= 0.6 is 0 Å². The number of hydrogen-bond acceptors (Lipinski definition) is 4. The lowest BCUT2D eigenvalue weighted by Gasteiger charge is -2.46. The Bertz CT molecular complexity index is 724. The van der Waals surface area contributed by atoms with Crippen molar-refractivity contribution in [1.82, 2.24) is 19.7 Å². The van der Waals surface area contributed by atoms with Crippen molar-refractivity contribution in [2.24, 2.45) is 0 Å². The zero-order valence-electron chi connectivity index (χ0n) is 16.2. The molecule has 3 fully saturated rings. The van der Waals surface area contributed by atoms with Gasteiger partial charge in [-0.2, -0.15) is 0 Å². The summed E-state index contributed by atoms with van der Waals surface area (Å²) < 4.78 is 5.56. The SMILES string of the molecule is Cc1ncccc1C(=O)N1CCC(N2C(=O)N(C)CC23CCOCC3)CC1. The molecule has 0 saturated carbocycles. The fourth-order valence-corrected chi connectivity index (χ4v) is 4.87. The molecule has 0 radical (unpaired) electrons. The van der Waals surface area contributed by atoms with Gasteiger partial charge in [0.25, 0.3) is 5.91 Å². The lowest BCUT2D eigenvalue weighted by Crippen LogP contribution is -2.57. The van der Waals surface area contributed by atoms with Crippen molar-refractivity contribution in [3.8, 4) is 0 Å². The Morgan fingerprint density at radius 2 is 1.96 bits per heavy atom. The number of pyridine rings is 1. The summed E-state index contributed by atoms with van der Waals surface area (Å²) in [5, 5.41) is 0. The molecule has 7 heteroatoms. The minimum Gasteiger partial charge on any atom is -0.381 e.